The van der Waals surface area contributed by atoms with Gasteiger partial charge in [-0.1, -0.05) is 23.2 Å². The summed E-state index contributed by atoms with van der Waals surface area (Å²) >= 11 is 13.3. The van der Waals surface area contributed by atoms with Crippen LogP contribution in [0, 0.1) is 6.92 Å². The Labute approximate surface area is 152 Å². The molecule has 0 bridgehead atoms. The van der Waals surface area contributed by atoms with Crippen LogP contribution in [-0.2, 0) is 6.54 Å². The summed E-state index contributed by atoms with van der Waals surface area (Å²) in [6.45, 7) is 2.26. The quantitative estimate of drug-likeness (QED) is 0.640. The standard InChI is InChI=1S/C16H13Cl2N3O2S/c1-9-14(24-15(20-9)13-3-2-4-23-13)8-19-16(22)21-12-6-10(17)5-11(18)7-12/h2-7H,8H2,1H3,(H2,19,21,22). The molecule has 3 rings (SSSR count). The molecule has 1 aromatic carbocycles. The molecular weight excluding hydrogens is 369 g/mol. The summed E-state index contributed by atoms with van der Waals surface area (Å²) in [7, 11) is 0. The SMILES string of the molecule is Cc1nc(-c2ccco2)sc1CNC(=O)Nc1cc(Cl)cc(Cl)c1. The average Bonchev–Trinajstić information content (AvgIpc) is 3.13. The molecule has 8 heteroatoms. The fourth-order valence-corrected chi connectivity index (χ4v) is 3.56. The molecule has 5 nitrogen and oxygen atoms in total. The predicted octanol–water partition coefficient (Wildman–Crippen LogP) is 5.34. The van der Waals surface area contributed by atoms with Crippen molar-refractivity contribution >= 4 is 46.3 Å². The lowest BCUT2D eigenvalue weighted by atomic mass is 10.3. The first-order valence-electron chi connectivity index (χ1n) is 7.02. The molecule has 0 unspecified atom stereocenters. The topological polar surface area (TPSA) is 67.2 Å². The minimum Gasteiger partial charge on any atom is -0.462 e. The van der Waals surface area contributed by atoms with Crippen molar-refractivity contribution in [1.29, 1.82) is 0 Å². The van der Waals surface area contributed by atoms with Gasteiger partial charge in [0.1, 0.15) is 0 Å². The smallest absolute Gasteiger partial charge is 0.319 e. The lowest BCUT2D eigenvalue weighted by Crippen LogP contribution is -2.28. The highest BCUT2D eigenvalue weighted by Crippen LogP contribution is 2.28. The molecule has 0 aliphatic rings. The van der Waals surface area contributed by atoms with Crippen LogP contribution in [0.1, 0.15) is 10.6 Å². The number of urea groups is 1. The number of amides is 2. The number of rotatable bonds is 4. The van der Waals surface area contributed by atoms with E-state index < -0.39 is 0 Å². The molecule has 24 heavy (non-hydrogen) atoms. The van der Waals surface area contributed by atoms with Crippen LogP contribution in [0.5, 0.6) is 0 Å². The van der Waals surface area contributed by atoms with Crippen LogP contribution in [0.4, 0.5) is 10.5 Å². The highest BCUT2D eigenvalue weighted by molar-refractivity contribution is 7.15. The van der Waals surface area contributed by atoms with E-state index in [1.54, 1.807) is 24.5 Å². The number of carbonyl (C=O) groups is 1. The Morgan fingerprint density at radius 3 is 2.71 bits per heavy atom. The molecule has 2 aromatic heterocycles. The lowest BCUT2D eigenvalue weighted by Gasteiger charge is -2.08. The molecule has 2 heterocycles. The van der Waals surface area contributed by atoms with Crippen molar-refractivity contribution in [3.05, 3.63) is 57.2 Å². The third-order valence-electron chi connectivity index (χ3n) is 3.15. The van der Waals surface area contributed by atoms with Gasteiger partial charge >= 0.3 is 6.03 Å². The Kier molecular flexibility index (Phi) is 5.08. The van der Waals surface area contributed by atoms with Gasteiger partial charge in [0.2, 0.25) is 0 Å². The van der Waals surface area contributed by atoms with Crippen molar-refractivity contribution in [3.63, 3.8) is 0 Å². The zero-order chi connectivity index (χ0) is 17.1. The first-order chi connectivity index (χ1) is 11.5. The van der Waals surface area contributed by atoms with E-state index in [9.17, 15) is 4.79 Å². The Morgan fingerprint density at radius 1 is 1.29 bits per heavy atom. The Bertz CT molecular complexity index is 842. The summed E-state index contributed by atoms with van der Waals surface area (Å²) in [6.07, 6.45) is 1.60. The largest absolute Gasteiger partial charge is 0.462 e. The van der Waals surface area contributed by atoms with E-state index in [4.69, 9.17) is 27.6 Å². The molecule has 2 amide bonds. The lowest BCUT2D eigenvalue weighted by molar-refractivity contribution is 0.252. The minimum absolute atomic E-state index is 0.347. The zero-order valence-electron chi connectivity index (χ0n) is 12.6. The number of carbonyl (C=O) groups excluding carboxylic acids is 1. The zero-order valence-corrected chi connectivity index (χ0v) is 14.9. The van der Waals surface area contributed by atoms with E-state index in [0.29, 0.717) is 28.0 Å². The number of aromatic nitrogens is 1. The predicted molar refractivity (Wildman–Crippen MR) is 96.9 cm³/mol. The fourth-order valence-electron chi connectivity index (χ4n) is 2.06. The summed E-state index contributed by atoms with van der Waals surface area (Å²) in [5.74, 6) is 0.715. The van der Waals surface area contributed by atoms with Crippen molar-refractivity contribution < 1.29 is 9.21 Å². The maximum absolute atomic E-state index is 12.0. The van der Waals surface area contributed by atoms with Gasteiger partial charge in [0.05, 0.1) is 18.5 Å². The third-order valence-corrected chi connectivity index (χ3v) is 4.76. The van der Waals surface area contributed by atoms with Crippen molar-refractivity contribution in [2.24, 2.45) is 0 Å². The summed E-state index contributed by atoms with van der Waals surface area (Å²) in [6, 6.07) is 8.17. The Balaban J connectivity index is 1.62. The van der Waals surface area contributed by atoms with Crippen LogP contribution in [0.15, 0.2) is 41.0 Å². The second-order valence-electron chi connectivity index (χ2n) is 4.97. The molecule has 0 saturated heterocycles. The number of furan rings is 1. The van der Waals surface area contributed by atoms with Gasteiger partial charge in [0, 0.05) is 20.6 Å². The summed E-state index contributed by atoms with van der Waals surface area (Å²) in [4.78, 5) is 17.4. The van der Waals surface area contributed by atoms with Crippen molar-refractivity contribution in [3.8, 4) is 10.8 Å². The van der Waals surface area contributed by atoms with Crippen LogP contribution < -0.4 is 10.6 Å². The number of benzene rings is 1. The molecule has 0 radical (unpaired) electrons. The molecule has 0 aliphatic heterocycles. The van der Waals surface area contributed by atoms with Gasteiger partial charge in [-0.3, -0.25) is 0 Å². The first-order valence-corrected chi connectivity index (χ1v) is 8.59. The minimum atomic E-state index is -0.347. The van der Waals surface area contributed by atoms with Gasteiger partial charge in [0.15, 0.2) is 10.8 Å². The molecule has 0 spiro atoms. The number of nitrogens with one attached hydrogen (secondary N) is 2. The summed E-state index contributed by atoms with van der Waals surface area (Å²) in [5, 5.41) is 7.19. The number of anilines is 1. The van der Waals surface area contributed by atoms with E-state index in [1.165, 1.54) is 11.3 Å². The van der Waals surface area contributed by atoms with Crippen molar-refractivity contribution in [1.82, 2.24) is 10.3 Å². The number of thiazole rings is 1. The van der Waals surface area contributed by atoms with Gasteiger partial charge in [-0.15, -0.1) is 11.3 Å². The van der Waals surface area contributed by atoms with Crippen LogP contribution in [0.2, 0.25) is 10.0 Å². The van der Waals surface area contributed by atoms with Crippen LogP contribution in [-0.4, -0.2) is 11.0 Å². The Morgan fingerprint density at radius 2 is 2.04 bits per heavy atom. The van der Waals surface area contributed by atoms with Gasteiger partial charge in [-0.2, -0.15) is 0 Å². The molecule has 124 valence electrons. The van der Waals surface area contributed by atoms with Crippen LogP contribution in [0.25, 0.3) is 10.8 Å². The maximum atomic E-state index is 12.0. The number of hydrogen-bond acceptors (Lipinski definition) is 4. The van der Waals surface area contributed by atoms with Gasteiger partial charge in [-0.05, 0) is 37.3 Å². The molecular formula is C16H13Cl2N3O2S. The third kappa shape index (κ3) is 4.08. The second-order valence-corrected chi connectivity index (χ2v) is 6.93. The molecule has 0 aliphatic carbocycles. The second kappa shape index (κ2) is 7.25. The highest BCUT2D eigenvalue weighted by Gasteiger charge is 2.12. The van der Waals surface area contributed by atoms with Crippen molar-refractivity contribution in [2.75, 3.05) is 5.32 Å². The molecule has 3 aromatic rings. The Hall–Kier alpha value is -2.02. The molecule has 0 atom stereocenters. The average molecular weight is 382 g/mol. The number of nitrogens with zero attached hydrogens (tertiary/aromatic N) is 1. The monoisotopic (exact) mass is 381 g/mol. The van der Waals surface area contributed by atoms with E-state index >= 15 is 0 Å². The highest BCUT2D eigenvalue weighted by atomic mass is 35.5. The normalized spacial score (nSPS) is 10.6. The van der Waals surface area contributed by atoms with Gasteiger partial charge < -0.3 is 15.1 Å². The van der Waals surface area contributed by atoms with Gasteiger partial charge in [0.25, 0.3) is 0 Å². The molecule has 0 fully saturated rings. The van der Waals surface area contributed by atoms with Crippen molar-refractivity contribution in [2.45, 2.75) is 13.5 Å². The van der Waals surface area contributed by atoms with E-state index in [0.717, 1.165) is 15.6 Å². The first kappa shape index (κ1) is 16.8. The number of halogens is 2. The number of aryl methyl sites for hydroxylation is 1. The van der Waals surface area contributed by atoms with E-state index in [2.05, 4.69) is 15.6 Å². The van der Waals surface area contributed by atoms with E-state index in [1.807, 2.05) is 19.1 Å². The molecule has 0 saturated carbocycles. The molecule has 2 N–H and O–H groups in total. The fraction of sp³-hybridized carbons (Fsp3) is 0.125. The van der Waals surface area contributed by atoms with E-state index in [-0.39, 0.29) is 6.03 Å². The van der Waals surface area contributed by atoms with Crippen LogP contribution in [0.3, 0.4) is 0 Å². The number of hydrogen-bond donors (Lipinski definition) is 2. The van der Waals surface area contributed by atoms with Crippen LogP contribution >= 0.6 is 34.5 Å². The summed E-state index contributed by atoms with van der Waals surface area (Å²) in [5.41, 5.74) is 1.39. The van der Waals surface area contributed by atoms with Gasteiger partial charge in [-0.25, -0.2) is 9.78 Å². The summed E-state index contributed by atoms with van der Waals surface area (Å²) < 4.78 is 5.34. The maximum Gasteiger partial charge on any atom is 0.319 e.